The Bertz CT molecular complexity index is 314. The predicted octanol–water partition coefficient (Wildman–Crippen LogP) is 4.45. The molecule has 1 aliphatic rings. The maximum Gasteiger partial charge on any atom is 0.0792 e. The average molecular weight is 283 g/mol. The molecule has 1 saturated carbocycles. The number of hydrogen-bond acceptors (Lipinski definition) is 1. The molecule has 1 atom stereocenters. The summed E-state index contributed by atoms with van der Waals surface area (Å²) in [6.07, 6.45) is 7.32. The van der Waals surface area contributed by atoms with Crippen LogP contribution in [-0.2, 0) is 0 Å². The zero-order chi connectivity index (χ0) is 11.4. The zero-order valence-corrected chi connectivity index (χ0v) is 11.1. The normalized spacial score (nSPS) is 19.6. The number of aliphatic hydroxyl groups excluding tert-OH is 1. The van der Waals surface area contributed by atoms with Crippen molar-refractivity contribution >= 4 is 15.9 Å². The first-order chi connectivity index (χ1) is 7.75. The van der Waals surface area contributed by atoms with E-state index >= 15 is 0 Å². The molecule has 0 unspecified atom stereocenters. The summed E-state index contributed by atoms with van der Waals surface area (Å²) in [7, 11) is 0. The van der Waals surface area contributed by atoms with Crippen molar-refractivity contribution in [3.05, 3.63) is 34.3 Å². The number of aliphatic hydroxyl groups is 1. The quantitative estimate of drug-likeness (QED) is 0.868. The van der Waals surface area contributed by atoms with Gasteiger partial charge in [0.05, 0.1) is 6.10 Å². The fourth-order valence-corrected chi connectivity index (χ4v) is 2.82. The molecule has 0 heterocycles. The summed E-state index contributed by atoms with van der Waals surface area (Å²) in [6.45, 7) is 0. The summed E-state index contributed by atoms with van der Waals surface area (Å²) in [5, 5.41) is 10.1. The molecule has 88 valence electrons. The first-order valence-electron chi connectivity index (χ1n) is 6.19. The fraction of sp³-hybridized carbons (Fsp3) is 0.571. The molecule has 2 heteroatoms. The Kier molecular flexibility index (Phi) is 4.42. The molecule has 1 nitrogen and oxygen atoms in total. The lowest BCUT2D eigenvalue weighted by molar-refractivity contribution is 0.131. The summed E-state index contributed by atoms with van der Waals surface area (Å²) in [4.78, 5) is 0. The van der Waals surface area contributed by atoms with E-state index in [-0.39, 0.29) is 6.10 Å². The van der Waals surface area contributed by atoms with Crippen molar-refractivity contribution in [1.29, 1.82) is 0 Å². The van der Waals surface area contributed by atoms with Gasteiger partial charge >= 0.3 is 0 Å². The zero-order valence-electron chi connectivity index (χ0n) is 9.53. The van der Waals surface area contributed by atoms with E-state index in [0.29, 0.717) is 0 Å². The van der Waals surface area contributed by atoms with Crippen LogP contribution in [-0.4, -0.2) is 5.11 Å². The molecule has 1 fully saturated rings. The van der Waals surface area contributed by atoms with Gasteiger partial charge in [0.2, 0.25) is 0 Å². The van der Waals surface area contributed by atoms with Gasteiger partial charge in [-0.3, -0.25) is 0 Å². The molecule has 0 aliphatic heterocycles. The molecule has 0 saturated heterocycles. The van der Waals surface area contributed by atoms with Crippen molar-refractivity contribution in [3.8, 4) is 0 Å². The number of hydrogen-bond donors (Lipinski definition) is 1. The summed E-state index contributed by atoms with van der Waals surface area (Å²) in [5.74, 6) is 0.729. The van der Waals surface area contributed by atoms with Crippen molar-refractivity contribution in [2.45, 2.75) is 44.6 Å². The van der Waals surface area contributed by atoms with E-state index in [2.05, 4.69) is 15.9 Å². The van der Waals surface area contributed by atoms with E-state index in [4.69, 9.17) is 0 Å². The molecule has 1 aromatic carbocycles. The second-order valence-electron chi connectivity index (χ2n) is 4.81. The van der Waals surface area contributed by atoms with Crippen LogP contribution in [0.25, 0.3) is 0 Å². The van der Waals surface area contributed by atoms with Crippen molar-refractivity contribution < 1.29 is 5.11 Å². The van der Waals surface area contributed by atoms with Gasteiger partial charge in [-0.1, -0.05) is 60.2 Å². The summed E-state index contributed by atoms with van der Waals surface area (Å²) in [6, 6.07) is 8.02. The fourth-order valence-electron chi connectivity index (χ4n) is 2.56. The molecule has 1 N–H and O–H groups in total. The van der Waals surface area contributed by atoms with Gasteiger partial charge in [0.15, 0.2) is 0 Å². The molecule has 1 aliphatic carbocycles. The lowest BCUT2D eigenvalue weighted by Crippen LogP contribution is -2.11. The average Bonchev–Trinajstić information content (AvgIpc) is 2.31. The Hall–Kier alpha value is -0.340. The van der Waals surface area contributed by atoms with Crippen molar-refractivity contribution in [3.63, 3.8) is 0 Å². The molecule has 16 heavy (non-hydrogen) atoms. The lowest BCUT2D eigenvalue weighted by atomic mass is 9.84. The number of halogens is 1. The van der Waals surface area contributed by atoms with Crippen molar-refractivity contribution in [1.82, 2.24) is 0 Å². The topological polar surface area (TPSA) is 20.2 Å². The van der Waals surface area contributed by atoms with Gasteiger partial charge in [-0.15, -0.1) is 0 Å². The van der Waals surface area contributed by atoms with E-state index < -0.39 is 0 Å². The van der Waals surface area contributed by atoms with Crippen LogP contribution in [0.4, 0.5) is 0 Å². The minimum absolute atomic E-state index is 0.281. The van der Waals surface area contributed by atoms with E-state index in [1.54, 1.807) is 0 Å². The van der Waals surface area contributed by atoms with Crippen LogP contribution in [0.3, 0.4) is 0 Å². The smallest absolute Gasteiger partial charge is 0.0792 e. The molecule has 1 aromatic rings. The third kappa shape index (κ3) is 3.33. The standard InChI is InChI=1S/C14H19BrO/c15-13-8-6-12(7-9-13)14(16)10-11-4-2-1-3-5-11/h6-9,11,14,16H,1-5,10H2/t14-/m0/s1. The van der Waals surface area contributed by atoms with Crippen LogP contribution in [0.5, 0.6) is 0 Å². The summed E-state index contributed by atoms with van der Waals surface area (Å²) in [5.41, 5.74) is 1.05. The van der Waals surface area contributed by atoms with Crippen LogP contribution in [0, 0.1) is 5.92 Å². The van der Waals surface area contributed by atoms with Crippen LogP contribution in [0.15, 0.2) is 28.7 Å². The van der Waals surface area contributed by atoms with E-state index in [0.717, 1.165) is 22.4 Å². The Morgan fingerprint density at radius 2 is 1.75 bits per heavy atom. The number of rotatable bonds is 3. The van der Waals surface area contributed by atoms with Crippen molar-refractivity contribution in [2.75, 3.05) is 0 Å². The van der Waals surface area contributed by atoms with Crippen LogP contribution in [0.2, 0.25) is 0 Å². The lowest BCUT2D eigenvalue weighted by Gasteiger charge is -2.24. The largest absolute Gasteiger partial charge is 0.388 e. The predicted molar refractivity (Wildman–Crippen MR) is 70.3 cm³/mol. The van der Waals surface area contributed by atoms with E-state index in [1.165, 1.54) is 32.1 Å². The van der Waals surface area contributed by atoms with E-state index in [1.807, 2.05) is 24.3 Å². The SMILES string of the molecule is O[C@@H](CC1CCCCC1)c1ccc(Br)cc1. The summed E-state index contributed by atoms with van der Waals surface area (Å²) >= 11 is 3.41. The third-order valence-corrected chi connectivity index (χ3v) is 4.06. The molecule has 0 bridgehead atoms. The van der Waals surface area contributed by atoms with Gasteiger partial charge in [0, 0.05) is 4.47 Å². The minimum atomic E-state index is -0.281. The van der Waals surface area contributed by atoms with Gasteiger partial charge in [-0.25, -0.2) is 0 Å². The second kappa shape index (κ2) is 5.83. The van der Waals surface area contributed by atoms with Gasteiger partial charge in [0.25, 0.3) is 0 Å². The molecule has 0 aromatic heterocycles. The van der Waals surface area contributed by atoms with Crippen molar-refractivity contribution in [2.24, 2.45) is 5.92 Å². The Morgan fingerprint density at radius 3 is 2.38 bits per heavy atom. The van der Waals surface area contributed by atoms with Crippen LogP contribution >= 0.6 is 15.9 Å². The van der Waals surface area contributed by atoms with Crippen LogP contribution in [0.1, 0.15) is 50.2 Å². The summed E-state index contributed by atoms with van der Waals surface area (Å²) < 4.78 is 1.07. The highest BCUT2D eigenvalue weighted by Gasteiger charge is 2.18. The monoisotopic (exact) mass is 282 g/mol. The molecular formula is C14H19BrO. The van der Waals surface area contributed by atoms with Gasteiger partial charge in [0.1, 0.15) is 0 Å². The maximum atomic E-state index is 10.1. The van der Waals surface area contributed by atoms with Gasteiger partial charge in [-0.05, 0) is 30.0 Å². The van der Waals surface area contributed by atoms with Gasteiger partial charge in [-0.2, -0.15) is 0 Å². The Labute approximate surface area is 106 Å². The Balaban J connectivity index is 1.91. The molecule has 0 radical (unpaired) electrons. The molecule has 2 rings (SSSR count). The number of benzene rings is 1. The van der Waals surface area contributed by atoms with E-state index in [9.17, 15) is 5.11 Å². The molecule has 0 spiro atoms. The highest BCUT2D eigenvalue weighted by Crippen LogP contribution is 2.32. The van der Waals surface area contributed by atoms with Gasteiger partial charge < -0.3 is 5.11 Å². The minimum Gasteiger partial charge on any atom is -0.388 e. The maximum absolute atomic E-state index is 10.1. The Morgan fingerprint density at radius 1 is 1.12 bits per heavy atom. The molecular weight excluding hydrogens is 264 g/mol. The first kappa shape index (κ1) is 12.1. The highest BCUT2D eigenvalue weighted by molar-refractivity contribution is 9.10. The third-order valence-electron chi connectivity index (χ3n) is 3.54. The first-order valence-corrected chi connectivity index (χ1v) is 6.98. The van der Waals surface area contributed by atoms with Crippen LogP contribution < -0.4 is 0 Å². The molecule has 0 amide bonds. The highest BCUT2D eigenvalue weighted by atomic mass is 79.9. The second-order valence-corrected chi connectivity index (χ2v) is 5.72.